The highest BCUT2D eigenvalue weighted by molar-refractivity contribution is 4.91. The van der Waals surface area contributed by atoms with Gasteiger partial charge in [0, 0.05) is 12.6 Å². The molecule has 0 heterocycles. The van der Waals surface area contributed by atoms with Crippen LogP contribution in [0.1, 0.15) is 79.1 Å². The fourth-order valence-electron chi connectivity index (χ4n) is 4.64. The molecule has 0 amide bonds. The summed E-state index contributed by atoms with van der Waals surface area (Å²) < 4.78 is 0. The molecule has 0 aliphatic heterocycles. The van der Waals surface area contributed by atoms with E-state index in [2.05, 4.69) is 33.0 Å². The largest absolute Gasteiger partial charge is 0.389 e. The van der Waals surface area contributed by atoms with E-state index < -0.39 is 5.60 Å². The van der Waals surface area contributed by atoms with Crippen molar-refractivity contribution in [2.75, 3.05) is 6.54 Å². The number of nitrogens with one attached hydrogen (secondary N) is 1. The Morgan fingerprint density at radius 1 is 1.15 bits per heavy atom. The van der Waals surface area contributed by atoms with Gasteiger partial charge >= 0.3 is 0 Å². The topological polar surface area (TPSA) is 32.3 Å². The van der Waals surface area contributed by atoms with Gasteiger partial charge in [0.15, 0.2) is 0 Å². The van der Waals surface area contributed by atoms with Crippen molar-refractivity contribution in [2.24, 2.45) is 17.3 Å². The number of aliphatic hydroxyl groups is 1. The van der Waals surface area contributed by atoms with Gasteiger partial charge in [0.25, 0.3) is 0 Å². The van der Waals surface area contributed by atoms with Crippen LogP contribution in [0.3, 0.4) is 0 Å². The molecular formula is C18H35NO. The van der Waals surface area contributed by atoms with E-state index in [1.807, 2.05) is 0 Å². The van der Waals surface area contributed by atoms with Crippen molar-refractivity contribution < 1.29 is 5.11 Å². The first-order valence-corrected chi connectivity index (χ1v) is 8.78. The Bertz CT molecular complexity index is 305. The third-order valence-electron chi connectivity index (χ3n) is 5.72. The molecule has 2 aliphatic rings. The number of hydrogen-bond donors (Lipinski definition) is 2. The molecule has 2 rings (SSSR count). The van der Waals surface area contributed by atoms with E-state index in [4.69, 9.17) is 0 Å². The van der Waals surface area contributed by atoms with Crippen molar-refractivity contribution in [3.8, 4) is 0 Å². The van der Waals surface area contributed by atoms with E-state index in [0.29, 0.717) is 11.5 Å². The summed E-state index contributed by atoms with van der Waals surface area (Å²) >= 11 is 0. The molecule has 2 aliphatic carbocycles. The van der Waals surface area contributed by atoms with Crippen LogP contribution in [0.2, 0.25) is 0 Å². The smallest absolute Gasteiger partial charge is 0.0771 e. The van der Waals surface area contributed by atoms with Crippen LogP contribution in [0.4, 0.5) is 0 Å². The van der Waals surface area contributed by atoms with Crippen LogP contribution in [0, 0.1) is 17.3 Å². The van der Waals surface area contributed by atoms with Crippen molar-refractivity contribution in [3.05, 3.63) is 0 Å². The van der Waals surface area contributed by atoms with Crippen molar-refractivity contribution in [1.29, 1.82) is 0 Å². The van der Waals surface area contributed by atoms with Crippen molar-refractivity contribution in [3.63, 3.8) is 0 Å². The van der Waals surface area contributed by atoms with Crippen molar-refractivity contribution in [2.45, 2.75) is 90.7 Å². The third-order valence-corrected chi connectivity index (χ3v) is 5.72. The normalized spacial score (nSPS) is 41.5. The third kappa shape index (κ3) is 4.46. The molecule has 0 bridgehead atoms. The summed E-state index contributed by atoms with van der Waals surface area (Å²) in [5, 5.41) is 14.4. The zero-order valence-corrected chi connectivity index (χ0v) is 14.0. The van der Waals surface area contributed by atoms with E-state index >= 15 is 0 Å². The first kappa shape index (κ1) is 16.3. The molecule has 2 nitrogen and oxygen atoms in total. The molecule has 0 radical (unpaired) electrons. The number of hydrogen-bond acceptors (Lipinski definition) is 2. The quantitative estimate of drug-likeness (QED) is 0.812. The Morgan fingerprint density at radius 2 is 1.80 bits per heavy atom. The fourth-order valence-corrected chi connectivity index (χ4v) is 4.64. The second kappa shape index (κ2) is 6.36. The monoisotopic (exact) mass is 281 g/mol. The highest BCUT2D eigenvalue weighted by Crippen LogP contribution is 2.39. The second-order valence-corrected chi connectivity index (χ2v) is 8.57. The Balaban J connectivity index is 1.80. The second-order valence-electron chi connectivity index (χ2n) is 8.57. The van der Waals surface area contributed by atoms with Gasteiger partial charge in [-0.2, -0.15) is 0 Å². The summed E-state index contributed by atoms with van der Waals surface area (Å²) in [6.45, 7) is 10.2. The Hall–Kier alpha value is -0.0800. The maximum Gasteiger partial charge on any atom is 0.0771 e. The van der Waals surface area contributed by atoms with Gasteiger partial charge in [-0.15, -0.1) is 0 Å². The van der Waals surface area contributed by atoms with Crippen LogP contribution in [-0.2, 0) is 0 Å². The SMILES string of the molecule is CCC1CCC(O)(CNC2CC(C)CC(C)(C)C2)CC1. The summed E-state index contributed by atoms with van der Waals surface area (Å²) in [6.07, 6.45) is 9.55. The minimum atomic E-state index is -0.434. The molecule has 2 fully saturated rings. The summed E-state index contributed by atoms with van der Waals surface area (Å²) in [5.41, 5.74) is 0.0221. The molecular weight excluding hydrogens is 246 g/mol. The van der Waals surface area contributed by atoms with Gasteiger partial charge in [0.2, 0.25) is 0 Å². The van der Waals surface area contributed by atoms with Gasteiger partial charge in [-0.3, -0.25) is 0 Å². The van der Waals surface area contributed by atoms with Crippen molar-refractivity contribution in [1.82, 2.24) is 5.32 Å². The standard InChI is InChI=1S/C18H35NO/c1-5-15-6-8-18(20,9-7-15)13-19-16-10-14(2)11-17(3,4)12-16/h14-16,19-20H,5-13H2,1-4H3. The zero-order valence-electron chi connectivity index (χ0n) is 14.0. The van der Waals surface area contributed by atoms with Crippen molar-refractivity contribution >= 4 is 0 Å². The lowest BCUT2D eigenvalue weighted by molar-refractivity contribution is -0.0140. The van der Waals surface area contributed by atoms with Gasteiger partial charge in [-0.1, -0.05) is 34.1 Å². The lowest BCUT2D eigenvalue weighted by Crippen LogP contribution is -2.49. The lowest BCUT2D eigenvalue weighted by atomic mass is 9.70. The first-order valence-electron chi connectivity index (χ1n) is 8.78. The van der Waals surface area contributed by atoms with E-state index in [1.54, 1.807) is 0 Å². The van der Waals surface area contributed by atoms with E-state index in [0.717, 1.165) is 31.2 Å². The molecule has 0 aromatic carbocycles. The van der Waals surface area contributed by atoms with Crippen LogP contribution in [0.25, 0.3) is 0 Å². The Morgan fingerprint density at radius 3 is 2.35 bits per heavy atom. The van der Waals surface area contributed by atoms with Gasteiger partial charge in [-0.25, -0.2) is 0 Å². The first-order chi connectivity index (χ1) is 9.32. The van der Waals surface area contributed by atoms with Gasteiger partial charge < -0.3 is 10.4 Å². The van der Waals surface area contributed by atoms with Crippen LogP contribution < -0.4 is 5.32 Å². The highest BCUT2D eigenvalue weighted by atomic mass is 16.3. The minimum Gasteiger partial charge on any atom is -0.389 e. The number of rotatable bonds is 4. The maximum absolute atomic E-state index is 10.7. The Kier molecular flexibility index (Phi) is 5.18. The molecule has 2 saturated carbocycles. The average molecular weight is 281 g/mol. The molecule has 0 aromatic heterocycles. The summed E-state index contributed by atoms with van der Waals surface area (Å²) in [7, 11) is 0. The van der Waals surface area contributed by atoms with E-state index in [-0.39, 0.29) is 0 Å². The Labute approximate surface area is 125 Å². The lowest BCUT2D eigenvalue weighted by Gasteiger charge is -2.42. The van der Waals surface area contributed by atoms with Gasteiger partial charge in [-0.05, 0) is 62.2 Å². The molecule has 0 spiro atoms. The summed E-state index contributed by atoms with van der Waals surface area (Å²) in [6, 6.07) is 0.599. The molecule has 2 heteroatoms. The van der Waals surface area contributed by atoms with Crippen LogP contribution in [0.5, 0.6) is 0 Å². The maximum atomic E-state index is 10.7. The van der Waals surface area contributed by atoms with Crippen LogP contribution in [-0.4, -0.2) is 23.3 Å². The zero-order chi connectivity index (χ0) is 14.8. The molecule has 0 saturated heterocycles. The minimum absolute atomic E-state index is 0.434. The van der Waals surface area contributed by atoms with E-state index in [9.17, 15) is 5.11 Å². The van der Waals surface area contributed by atoms with Crippen LogP contribution in [0.15, 0.2) is 0 Å². The molecule has 2 atom stereocenters. The summed E-state index contributed by atoms with van der Waals surface area (Å²) in [5.74, 6) is 1.66. The highest BCUT2D eigenvalue weighted by Gasteiger charge is 2.36. The van der Waals surface area contributed by atoms with E-state index in [1.165, 1.54) is 38.5 Å². The molecule has 2 unspecified atom stereocenters. The summed E-state index contributed by atoms with van der Waals surface area (Å²) in [4.78, 5) is 0. The van der Waals surface area contributed by atoms with Gasteiger partial charge in [0.1, 0.15) is 0 Å². The predicted molar refractivity (Wildman–Crippen MR) is 85.8 cm³/mol. The fraction of sp³-hybridized carbons (Fsp3) is 1.00. The molecule has 0 aromatic rings. The van der Waals surface area contributed by atoms with Crippen LogP contribution >= 0.6 is 0 Å². The predicted octanol–water partition coefficient (Wildman–Crippen LogP) is 4.12. The molecule has 2 N–H and O–H groups in total. The molecule has 20 heavy (non-hydrogen) atoms. The van der Waals surface area contributed by atoms with Gasteiger partial charge in [0.05, 0.1) is 5.60 Å². The average Bonchev–Trinajstić information content (AvgIpc) is 2.35. The molecule has 118 valence electrons.